The van der Waals surface area contributed by atoms with E-state index in [9.17, 15) is 9.59 Å². The summed E-state index contributed by atoms with van der Waals surface area (Å²) in [4.78, 5) is 24.1. The van der Waals surface area contributed by atoms with E-state index < -0.39 is 0 Å². The van der Waals surface area contributed by atoms with Gasteiger partial charge in [0.25, 0.3) is 0 Å². The molecule has 0 unspecified atom stereocenters. The number of aryl methyl sites for hydroxylation is 1. The predicted octanol–water partition coefficient (Wildman–Crippen LogP) is 3.88. The Kier molecular flexibility index (Phi) is 6.47. The number of benzene rings is 2. The fourth-order valence-corrected chi connectivity index (χ4v) is 3.48. The van der Waals surface area contributed by atoms with Crippen LogP contribution >= 0.6 is 0 Å². The lowest BCUT2D eigenvalue weighted by atomic mass is 10.1. The Morgan fingerprint density at radius 2 is 1.80 bits per heavy atom. The number of rotatable bonds is 6. The summed E-state index contributed by atoms with van der Waals surface area (Å²) in [6.45, 7) is 5.87. The first kappa shape index (κ1) is 21.0. The second kappa shape index (κ2) is 9.22. The first-order valence-corrected chi connectivity index (χ1v) is 9.65. The summed E-state index contributed by atoms with van der Waals surface area (Å²) in [6.07, 6.45) is 1.91. The molecular weight excluding hydrogens is 378 g/mol. The van der Waals surface area contributed by atoms with E-state index in [-0.39, 0.29) is 18.3 Å². The van der Waals surface area contributed by atoms with Gasteiger partial charge in [0.15, 0.2) is 0 Å². The van der Waals surface area contributed by atoms with Crippen LogP contribution < -0.4 is 5.43 Å². The molecule has 0 bridgehead atoms. The van der Waals surface area contributed by atoms with Crippen molar-refractivity contribution < 1.29 is 14.3 Å². The monoisotopic (exact) mass is 403 g/mol. The molecule has 1 N–H and O–H groups in total. The molecule has 1 amide bonds. The van der Waals surface area contributed by atoms with Crippen LogP contribution in [0.15, 0.2) is 59.7 Å². The Hall–Kier alpha value is -3.67. The Morgan fingerprint density at radius 3 is 2.50 bits per heavy atom. The van der Waals surface area contributed by atoms with Crippen molar-refractivity contribution in [1.82, 2.24) is 9.99 Å². The molecule has 0 atom stereocenters. The van der Waals surface area contributed by atoms with Gasteiger partial charge < -0.3 is 9.30 Å². The second-order valence-corrected chi connectivity index (χ2v) is 7.06. The number of nitrogens with zero attached hydrogens (tertiary/aromatic N) is 2. The SMILES string of the molecule is COC(=O)c1cccc(-n2c(C)cc(/C=N\NC(=O)Cc3ccccc3)c2C)c1C. The van der Waals surface area contributed by atoms with Crippen LogP contribution in [0.3, 0.4) is 0 Å². The highest BCUT2D eigenvalue weighted by atomic mass is 16.5. The zero-order valence-corrected chi connectivity index (χ0v) is 17.6. The Morgan fingerprint density at radius 1 is 1.07 bits per heavy atom. The third-order valence-electron chi connectivity index (χ3n) is 5.02. The molecule has 6 nitrogen and oxygen atoms in total. The van der Waals surface area contributed by atoms with Gasteiger partial charge in [0, 0.05) is 22.6 Å². The van der Waals surface area contributed by atoms with Gasteiger partial charge in [-0.25, -0.2) is 10.2 Å². The number of amides is 1. The Balaban J connectivity index is 1.80. The van der Waals surface area contributed by atoms with Gasteiger partial charge in [-0.05, 0) is 50.1 Å². The fourth-order valence-electron chi connectivity index (χ4n) is 3.48. The summed E-state index contributed by atoms with van der Waals surface area (Å²) in [5, 5.41) is 4.12. The highest BCUT2D eigenvalue weighted by Crippen LogP contribution is 2.25. The highest BCUT2D eigenvalue weighted by Gasteiger charge is 2.16. The van der Waals surface area contributed by atoms with E-state index in [4.69, 9.17) is 4.74 Å². The van der Waals surface area contributed by atoms with Crippen molar-refractivity contribution in [2.45, 2.75) is 27.2 Å². The highest BCUT2D eigenvalue weighted by molar-refractivity contribution is 5.92. The smallest absolute Gasteiger partial charge is 0.338 e. The number of ether oxygens (including phenoxy) is 1. The van der Waals surface area contributed by atoms with E-state index in [1.165, 1.54) is 7.11 Å². The average molecular weight is 403 g/mol. The number of carbonyl (C=O) groups excluding carboxylic acids is 2. The molecule has 0 aliphatic rings. The first-order valence-electron chi connectivity index (χ1n) is 9.65. The molecule has 0 spiro atoms. The minimum atomic E-state index is -0.361. The van der Waals surface area contributed by atoms with Crippen molar-refractivity contribution in [2.75, 3.05) is 7.11 Å². The quantitative estimate of drug-likeness (QED) is 0.386. The first-order chi connectivity index (χ1) is 14.4. The van der Waals surface area contributed by atoms with Crippen molar-refractivity contribution in [3.05, 3.63) is 88.2 Å². The maximum atomic E-state index is 12.1. The fraction of sp³-hybridized carbons (Fsp3) is 0.208. The molecule has 0 aliphatic carbocycles. The molecule has 0 radical (unpaired) electrons. The van der Waals surface area contributed by atoms with E-state index in [1.54, 1.807) is 12.3 Å². The van der Waals surface area contributed by atoms with E-state index in [2.05, 4.69) is 15.1 Å². The van der Waals surface area contributed by atoms with Gasteiger partial charge in [0.05, 0.1) is 25.3 Å². The summed E-state index contributed by atoms with van der Waals surface area (Å²) in [7, 11) is 1.38. The summed E-state index contributed by atoms with van der Waals surface area (Å²) >= 11 is 0. The summed E-state index contributed by atoms with van der Waals surface area (Å²) in [5.41, 5.74) is 8.63. The van der Waals surface area contributed by atoms with Gasteiger partial charge in [-0.15, -0.1) is 0 Å². The topological polar surface area (TPSA) is 72.7 Å². The Labute approximate surface area is 176 Å². The van der Waals surface area contributed by atoms with Gasteiger partial charge in [-0.2, -0.15) is 5.10 Å². The maximum absolute atomic E-state index is 12.1. The zero-order chi connectivity index (χ0) is 21.7. The van der Waals surface area contributed by atoms with Gasteiger partial charge in [0.2, 0.25) is 5.91 Å². The summed E-state index contributed by atoms with van der Waals surface area (Å²) in [6, 6.07) is 17.1. The van der Waals surface area contributed by atoms with Gasteiger partial charge in [0.1, 0.15) is 0 Å². The molecule has 0 saturated carbocycles. The number of hydrazone groups is 1. The molecule has 0 saturated heterocycles. The molecule has 2 aromatic carbocycles. The molecule has 154 valence electrons. The molecule has 1 heterocycles. The average Bonchev–Trinajstić information content (AvgIpc) is 3.01. The maximum Gasteiger partial charge on any atom is 0.338 e. The standard InChI is InChI=1S/C24H25N3O3/c1-16-13-20(15-25-26-23(28)14-19-9-6-5-7-10-19)18(3)27(16)22-12-8-11-21(17(22)2)24(29)30-4/h5-13,15H,14H2,1-4H3,(H,26,28)/b25-15-. The molecule has 1 aromatic heterocycles. The van der Waals surface area contributed by atoms with Gasteiger partial charge >= 0.3 is 5.97 Å². The van der Waals surface area contributed by atoms with Gasteiger partial charge in [-0.1, -0.05) is 36.4 Å². The molecule has 30 heavy (non-hydrogen) atoms. The van der Waals surface area contributed by atoms with Crippen LogP contribution in [-0.4, -0.2) is 29.8 Å². The molecule has 3 aromatic rings. The van der Waals surface area contributed by atoms with Crippen molar-refractivity contribution in [3.8, 4) is 5.69 Å². The van der Waals surface area contributed by atoms with Crippen LogP contribution in [0.2, 0.25) is 0 Å². The number of aromatic nitrogens is 1. The third-order valence-corrected chi connectivity index (χ3v) is 5.02. The largest absolute Gasteiger partial charge is 0.465 e. The van der Waals surface area contributed by atoms with Crippen molar-refractivity contribution in [3.63, 3.8) is 0 Å². The number of esters is 1. The number of hydrogen-bond donors (Lipinski definition) is 1. The van der Waals surface area contributed by atoms with Crippen molar-refractivity contribution in [2.24, 2.45) is 5.10 Å². The molecule has 3 rings (SSSR count). The van der Waals surface area contributed by atoms with Crippen LogP contribution in [0.5, 0.6) is 0 Å². The molecule has 0 fully saturated rings. The predicted molar refractivity (Wildman–Crippen MR) is 117 cm³/mol. The van der Waals surface area contributed by atoms with E-state index >= 15 is 0 Å². The minimum absolute atomic E-state index is 0.173. The summed E-state index contributed by atoms with van der Waals surface area (Å²) in [5.74, 6) is -0.535. The van der Waals surface area contributed by atoms with Crippen LogP contribution in [0, 0.1) is 20.8 Å². The lowest BCUT2D eigenvalue weighted by Crippen LogP contribution is -2.19. The lowest BCUT2D eigenvalue weighted by molar-refractivity contribution is -0.120. The summed E-state index contributed by atoms with van der Waals surface area (Å²) < 4.78 is 6.95. The number of methoxy groups -OCH3 is 1. The molecule has 6 heteroatoms. The van der Waals surface area contributed by atoms with Crippen LogP contribution in [0.1, 0.15) is 38.4 Å². The van der Waals surface area contributed by atoms with E-state index in [0.29, 0.717) is 5.56 Å². The minimum Gasteiger partial charge on any atom is -0.465 e. The van der Waals surface area contributed by atoms with Crippen molar-refractivity contribution in [1.29, 1.82) is 0 Å². The Bertz CT molecular complexity index is 1100. The third kappa shape index (κ3) is 4.49. The zero-order valence-electron chi connectivity index (χ0n) is 17.6. The molecule has 0 aliphatic heterocycles. The van der Waals surface area contributed by atoms with Crippen LogP contribution in [0.4, 0.5) is 0 Å². The van der Waals surface area contributed by atoms with Gasteiger partial charge in [-0.3, -0.25) is 4.79 Å². The number of carbonyl (C=O) groups is 2. The van der Waals surface area contributed by atoms with E-state index in [0.717, 1.165) is 33.8 Å². The number of hydrogen-bond acceptors (Lipinski definition) is 4. The normalized spacial score (nSPS) is 10.9. The molecular formula is C24H25N3O3. The second-order valence-electron chi connectivity index (χ2n) is 7.06. The lowest BCUT2D eigenvalue weighted by Gasteiger charge is -2.15. The van der Waals surface area contributed by atoms with E-state index in [1.807, 2.05) is 69.3 Å². The van der Waals surface area contributed by atoms with Crippen molar-refractivity contribution >= 4 is 18.1 Å². The van der Waals surface area contributed by atoms with Crippen LogP contribution in [0.25, 0.3) is 5.69 Å². The number of nitrogens with one attached hydrogen (secondary N) is 1. The van der Waals surface area contributed by atoms with Crippen LogP contribution in [-0.2, 0) is 16.0 Å².